The summed E-state index contributed by atoms with van der Waals surface area (Å²) in [6.45, 7) is 10.2. The first-order chi connectivity index (χ1) is 10.5. The molecule has 0 aliphatic rings. The van der Waals surface area contributed by atoms with Crippen molar-refractivity contribution in [1.82, 2.24) is 9.47 Å². The third kappa shape index (κ3) is 3.34. The van der Waals surface area contributed by atoms with Gasteiger partial charge in [0.15, 0.2) is 4.80 Å². The molecule has 0 aliphatic heterocycles. The van der Waals surface area contributed by atoms with Crippen LogP contribution in [0.2, 0.25) is 5.02 Å². The Balaban J connectivity index is 2.75. The van der Waals surface area contributed by atoms with Gasteiger partial charge in [-0.05, 0) is 18.6 Å². The molecule has 5 heteroatoms. The summed E-state index contributed by atoms with van der Waals surface area (Å²) in [5, 5.41) is 2.73. The normalized spacial score (nSPS) is 11.5. The van der Waals surface area contributed by atoms with E-state index in [4.69, 9.17) is 11.6 Å². The molecular formula is C17H20ClN3S. The highest BCUT2D eigenvalue weighted by Crippen LogP contribution is 2.25. The number of thiazole rings is 1. The molecule has 0 spiro atoms. The van der Waals surface area contributed by atoms with Crippen molar-refractivity contribution in [2.75, 3.05) is 14.1 Å². The topological polar surface area (TPSA) is 20.5 Å². The van der Waals surface area contributed by atoms with Crippen molar-refractivity contribution in [3.8, 4) is 5.69 Å². The summed E-state index contributed by atoms with van der Waals surface area (Å²) in [5.74, 6) is 0. The minimum atomic E-state index is 0.678. The highest BCUT2D eigenvalue weighted by atomic mass is 35.5. The van der Waals surface area contributed by atoms with Gasteiger partial charge in [0.05, 0.1) is 22.1 Å². The molecule has 0 radical (unpaired) electrons. The van der Waals surface area contributed by atoms with Crippen LogP contribution in [0.15, 0.2) is 53.5 Å². The van der Waals surface area contributed by atoms with Crippen molar-refractivity contribution in [3.63, 3.8) is 0 Å². The molecule has 0 saturated heterocycles. The first kappa shape index (κ1) is 16.6. The van der Waals surface area contributed by atoms with Crippen LogP contribution >= 0.6 is 22.9 Å². The molecule has 2 aromatic rings. The molecular weight excluding hydrogens is 314 g/mol. The summed E-state index contributed by atoms with van der Waals surface area (Å²) in [6.07, 6.45) is 0.810. The van der Waals surface area contributed by atoms with Crippen LogP contribution < -0.4 is 4.80 Å². The largest absolute Gasteiger partial charge is 0.376 e. The number of rotatable bonds is 5. The zero-order valence-corrected chi connectivity index (χ0v) is 14.7. The summed E-state index contributed by atoms with van der Waals surface area (Å²) < 4.78 is 2.04. The smallest absolute Gasteiger partial charge is 0.194 e. The SMILES string of the molecule is C=C(CC)/N=c1\scc(C(=C)N(C)C)n1-c1ccccc1Cl. The Morgan fingerprint density at radius 3 is 2.59 bits per heavy atom. The van der Waals surface area contributed by atoms with Gasteiger partial charge in [-0.3, -0.25) is 4.57 Å². The summed E-state index contributed by atoms with van der Waals surface area (Å²) in [4.78, 5) is 7.45. The quantitative estimate of drug-likeness (QED) is 0.786. The minimum Gasteiger partial charge on any atom is -0.376 e. The molecule has 0 saturated carbocycles. The average Bonchev–Trinajstić information content (AvgIpc) is 2.90. The Hall–Kier alpha value is -1.78. The third-order valence-electron chi connectivity index (χ3n) is 3.30. The van der Waals surface area contributed by atoms with Crippen LogP contribution in [0.3, 0.4) is 0 Å². The van der Waals surface area contributed by atoms with Crippen molar-refractivity contribution < 1.29 is 0 Å². The van der Waals surface area contributed by atoms with E-state index < -0.39 is 0 Å². The number of halogens is 1. The summed E-state index contributed by atoms with van der Waals surface area (Å²) >= 11 is 7.95. The molecule has 0 aliphatic carbocycles. The average molecular weight is 334 g/mol. The lowest BCUT2D eigenvalue weighted by atomic mass is 10.3. The van der Waals surface area contributed by atoms with E-state index in [1.54, 1.807) is 11.3 Å². The van der Waals surface area contributed by atoms with E-state index in [0.29, 0.717) is 5.02 Å². The molecule has 116 valence electrons. The van der Waals surface area contributed by atoms with Crippen molar-refractivity contribution >= 4 is 28.6 Å². The summed E-state index contributed by atoms with van der Waals surface area (Å²) in [7, 11) is 3.94. The lowest BCUT2D eigenvalue weighted by Gasteiger charge is -2.18. The fourth-order valence-corrected chi connectivity index (χ4v) is 3.06. The minimum absolute atomic E-state index is 0.678. The van der Waals surface area contributed by atoms with Crippen LogP contribution in [0.4, 0.5) is 0 Å². The predicted octanol–water partition coefficient (Wildman–Crippen LogP) is 4.55. The Labute approximate surface area is 140 Å². The molecule has 1 heterocycles. The number of aromatic nitrogens is 1. The molecule has 0 atom stereocenters. The monoisotopic (exact) mass is 333 g/mol. The lowest BCUT2D eigenvalue weighted by molar-refractivity contribution is 0.588. The van der Waals surface area contributed by atoms with Crippen LogP contribution in [0.1, 0.15) is 19.0 Å². The van der Waals surface area contributed by atoms with E-state index in [2.05, 4.69) is 18.2 Å². The summed E-state index contributed by atoms with van der Waals surface area (Å²) in [5.41, 5.74) is 3.61. The standard InChI is InChI=1S/C17H20ClN3S/c1-6-12(2)19-17-21(15-10-8-7-9-14(15)18)16(11-22-17)13(3)20(4)5/h7-11H,2-3,6H2,1,4-5H3/b19-17-. The molecule has 22 heavy (non-hydrogen) atoms. The molecule has 3 nitrogen and oxygen atoms in total. The molecule has 1 aromatic heterocycles. The second kappa shape index (κ2) is 6.99. The van der Waals surface area contributed by atoms with Crippen LogP contribution in [0.25, 0.3) is 11.4 Å². The molecule has 2 rings (SSSR count). The fourth-order valence-electron chi connectivity index (χ4n) is 1.90. The third-order valence-corrected chi connectivity index (χ3v) is 4.44. The number of nitrogens with zero attached hydrogens (tertiary/aromatic N) is 3. The van der Waals surface area contributed by atoms with Gasteiger partial charge >= 0.3 is 0 Å². The second-order valence-corrected chi connectivity index (χ2v) is 6.31. The highest BCUT2D eigenvalue weighted by Gasteiger charge is 2.14. The van der Waals surface area contributed by atoms with Crippen molar-refractivity contribution in [2.24, 2.45) is 4.99 Å². The Morgan fingerprint density at radius 1 is 1.32 bits per heavy atom. The van der Waals surface area contributed by atoms with Gasteiger partial charge in [0.25, 0.3) is 0 Å². The van der Waals surface area contributed by atoms with E-state index in [0.717, 1.165) is 34.0 Å². The molecule has 0 unspecified atom stereocenters. The maximum atomic E-state index is 6.39. The zero-order chi connectivity index (χ0) is 16.3. The van der Waals surface area contributed by atoms with Gasteiger partial charge in [-0.1, -0.05) is 43.8 Å². The van der Waals surface area contributed by atoms with Gasteiger partial charge < -0.3 is 4.90 Å². The lowest BCUT2D eigenvalue weighted by Crippen LogP contribution is -2.19. The highest BCUT2D eigenvalue weighted by molar-refractivity contribution is 7.07. The number of allylic oxidation sites excluding steroid dienone is 1. The van der Waals surface area contributed by atoms with Crippen LogP contribution in [0, 0.1) is 0 Å². The number of para-hydroxylation sites is 1. The van der Waals surface area contributed by atoms with E-state index in [1.165, 1.54) is 0 Å². The van der Waals surface area contributed by atoms with E-state index in [9.17, 15) is 0 Å². The van der Waals surface area contributed by atoms with Gasteiger partial charge in [0.2, 0.25) is 0 Å². The van der Waals surface area contributed by atoms with Crippen LogP contribution in [-0.4, -0.2) is 23.6 Å². The van der Waals surface area contributed by atoms with Crippen molar-refractivity contribution in [1.29, 1.82) is 0 Å². The first-order valence-corrected chi connectivity index (χ1v) is 8.26. The van der Waals surface area contributed by atoms with Gasteiger partial charge in [0.1, 0.15) is 0 Å². The zero-order valence-electron chi connectivity index (χ0n) is 13.1. The van der Waals surface area contributed by atoms with Crippen molar-refractivity contribution in [3.05, 3.63) is 64.0 Å². The molecule has 1 aromatic carbocycles. The second-order valence-electron chi connectivity index (χ2n) is 5.06. The number of benzene rings is 1. The Morgan fingerprint density at radius 2 is 2.00 bits per heavy atom. The number of hydrogen-bond acceptors (Lipinski definition) is 3. The fraction of sp³-hybridized carbons (Fsp3) is 0.235. The van der Waals surface area contributed by atoms with Gasteiger partial charge in [-0.2, -0.15) is 0 Å². The Kier molecular flexibility index (Phi) is 5.27. The molecule has 0 N–H and O–H groups in total. The van der Waals surface area contributed by atoms with Gasteiger partial charge in [-0.25, -0.2) is 4.99 Å². The predicted molar refractivity (Wildman–Crippen MR) is 96.4 cm³/mol. The Bertz CT molecular complexity index is 768. The molecule has 0 amide bonds. The molecule has 0 fully saturated rings. The van der Waals surface area contributed by atoms with E-state index >= 15 is 0 Å². The van der Waals surface area contributed by atoms with E-state index in [-0.39, 0.29) is 0 Å². The first-order valence-electron chi connectivity index (χ1n) is 7.00. The molecule has 0 bridgehead atoms. The van der Waals surface area contributed by atoms with Crippen LogP contribution in [0.5, 0.6) is 0 Å². The van der Waals surface area contributed by atoms with Gasteiger partial charge in [-0.15, -0.1) is 11.3 Å². The summed E-state index contributed by atoms with van der Waals surface area (Å²) in [6, 6.07) is 7.74. The number of hydrogen-bond donors (Lipinski definition) is 0. The van der Waals surface area contributed by atoms with Gasteiger partial charge in [0, 0.05) is 25.2 Å². The van der Waals surface area contributed by atoms with Crippen molar-refractivity contribution in [2.45, 2.75) is 13.3 Å². The van der Waals surface area contributed by atoms with Crippen LogP contribution in [-0.2, 0) is 0 Å². The maximum Gasteiger partial charge on any atom is 0.194 e. The maximum absolute atomic E-state index is 6.39. The van der Waals surface area contributed by atoms with E-state index in [1.807, 2.05) is 60.1 Å².